The first kappa shape index (κ1) is 21.4. The molecule has 3 rings (SSSR count). The van der Waals surface area contributed by atoms with Crippen molar-refractivity contribution in [2.24, 2.45) is 0 Å². The van der Waals surface area contributed by atoms with Crippen LogP contribution in [0.25, 0.3) is 6.08 Å². The predicted molar refractivity (Wildman–Crippen MR) is 116 cm³/mol. The summed E-state index contributed by atoms with van der Waals surface area (Å²) in [7, 11) is 0. The Bertz CT molecular complexity index is 1000. The van der Waals surface area contributed by atoms with Crippen molar-refractivity contribution in [3.8, 4) is 11.8 Å². The molecule has 0 radical (unpaired) electrons. The van der Waals surface area contributed by atoms with Gasteiger partial charge in [0.05, 0.1) is 10.6 Å². The van der Waals surface area contributed by atoms with Crippen LogP contribution in [0.2, 0.25) is 5.02 Å². The summed E-state index contributed by atoms with van der Waals surface area (Å²) >= 11 is 6.20. The minimum atomic E-state index is -0.605. The number of benzene rings is 2. The predicted octanol–water partition coefficient (Wildman–Crippen LogP) is 4.65. The third kappa shape index (κ3) is 5.62. The Morgan fingerprint density at radius 3 is 2.47 bits per heavy atom. The van der Waals surface area contributed by atoms with Crippen LogP contribution in [-0.2, 0) is 4.79 Å². The van der Waals surface area contributed by atoms with Gasteiger partial charge >= 0.3 is 0 Å². The van der Waals surface area contributed by atoms with Crippen LogP contribution in [0, 0.1) is 11.3 Å². The first-order valence-corrected chi connectivity index (χ1v) is 10.2. The molecule has 0 bridgehead atoms. The number of nitrogens with zero attached hydrogens (tertiary/aromatic N) is 1. The summed E-state index contributed by atoms with van der Waals surface area (Å²) < 4.78 is 0. The Morgan fingerprint density at radius 1 is 1.10 bits per heavy atom. The molecule has 3 N–H and O–H groups in total. The summed E-state index contributed by atoms with van der Waals surface area (Å²) in [5.41, 5.74) is 1.14. The van der Waals surface area contributed by atoms with Crippen LogP contribution in [0.4, 0.5) is 5.69 Å². The summed E-state index contributed by atoms with van der Waals surface area (Å²) in [5, 5.41) is 24.6. The van der Waals surface area contributed by atoms with Crippen LogP contribution in [0.3, 0.4) is 0 Å². The zero-order valence-corrected chi connectivity index (χ0v) is 17.1. The summed E-state index contributed by atoms with van der Waals surface area (Å²) in [6.45, 7) is 0. The van der Waals surface area contributed by atoms with Gasteiger partial charge in [0, 0.05) is 11.7 Å². The molecule has 0 atom stereocenters. The summed E-state index contributed by atoms with van der Waals surface area (Å²) in [6.07, 6.45) is 6.70. The van der Waals surface area contributed by atoms with E-state index in [4.69, 9.17) is 11.6 Å². The number of phenolic OH excluding ortho intramolecular Hbond substituents is 1. The molecule has 0 spiro atoms. The minimum absolute atomic E-state index is 0.0929. The lowest BCUT2D eigenvalue weighted by molar-refractivity contribution is -0.112. The molecule has 30 heavy (non-hydrogen) atoms. The Labute approximate surface area is 180 Å². The van der Waals surface area contributed by atoms with Crippen LogP contribution in [0.15, 0.2) is 48.0 Å². The van der Waals surface area contributed by atoms with Crippen LogP contribution >= 0.6 is 11.6 Å². The van der Waals surface area contributed by atoms with E-state index in [2.05, 4.69) is 10.6 Å². The standard InChI is InChI=1S/C23H22ClN3O3/c24-21-11-8-18(13-20(21)23(30)26-17-4-2-1-3-5-17)27-22(29)16(14-25)12-15-6-9-19(28)10-7-15/h6-13,17,28H,1-5H2,(H,26,30)(H,27,29)/b16-12+. The zero-order valence-electron chi connectivity index (χ0n) is 16.3. The monoisotopic (exact) mass is 423 g/mol. The Balaban J connectivity index is 1.73. The number of amides is 2. The molecule has 7 heteroatoms. The molecule has 2 aromatic carbocycles. The van der Waals surface area contributed by atoms with Gasteiger partial charge in [-0.15, -0.1) is 0 Å². The van der Waals surface area contributed by atoms with E-state index < -0.39 is 5.91 Å². The Morgan fingerprint density at radius 2 is 1.80 bits per heavy atom. The maximum atomic E-state index is 12.6. The number of anilines is 1. The number of nitriles is 1. The van der Waals surface area contributed by atoms with Crippen molar-refractivity contribution in [3.05, 3.63) is 64.2 Å². The van der Waals surface area contributed by atoms with E-state index >= 15 is 0 Å². The van der Waals surface area contributed by atoms with E-state index in [0.29, 0.717) is 16.3 Å². The maximum absolute atomic E-state index is 12.6. The van der Waals surface area contributed by atoms with Crippen molar-refractivity contribution in [1.82, 2.24) is 5.32 Å². The van der Waals surface area contributed by atoms with Gasteiger partial charge in [-0.3, -0.25) is 9.59 Å². The number of nitrogens with one attached hydrogen (secondary N) is 2. The van der Waals surface area contributed by atoms with Crippen LogP contribution in [-0.4, -0.2) is 23.0 Å². The van der Waals surface area contributed by atoms with Crippen molar-refractivity contribution in [2.45, 2.75) is 38.1 Å². The van der Waals surface area contributed by atoms with Gasteiger partial charge in [-0.05, 0) is 54.8 Å². The molecule has 2 aromatic rings. The SMILES string of the molecule is N#C/C(=C\c1ccc(O)cc1)C(=O)Nc1ccc(Cl)c(C(=O)NC2CCCCC2)c1. The fourth-order valence-electron chi connectivity index (χ4n) is 3.37. The summed E-state index contributed by atoms with van der Waals surface area (Å²) in [5.74, 6) is -0.787. The highest BCUT2D eigenvalue weighted by molar-refractivity contribution is 6.34. The second-order valence-electron chi connectivity index (χ2n) is 7.22. The second-order valence-corrected chi connectivity index (χ2v) is 7.63. The van der Waals surface area contributed by atoms with Gasteiger partial charge in [0.2, 0.25) is 0 Å². The molecule has 2 amide bonds. The van der Waals surface area contributed by atoms with Gasteiger partial charge in [0.1, 0.15) is 17.4 Å². The molecule has 1 aliphatic carbocycles. The average molecular weight is 424 g/mol. The van der Waals surface area contributed by atoms with Gasteiger partial charge in [-0.2, -0.15) is 5.26 Å². The van der Waals surface area contributed by atoms with Gasteiger partial charge in [0.15, 0.2) is 0 Å². The molecular weight excluding hydrogens is 402 g/mol. The summed E-state index contributed by atoms with van der Waals surface area (Å²) in [4.78, 5) is 25.2. The number of carbonyl (C=O) groups is 2. The number of hydrogen-bond acceptors (Lipinski definition) is 4. The zero-order chi connectivity index (χ0) is 21.5. The van der Waals surface area contributed by atoms with Crippen molar-refractivity contribution in [2.75, 3.05) is 5.32 Å². The van der Waals surface area contributed by atoms with E-state index in [9.17, 15) is 20.0 Å². The fourth-order valence-corrected chi connectivity index (χ4v) is 3.57. The average Bonchev–Trinajstić information content (AvgIpc) is 2.75. The fraction of sp³-hybridized carbons (Fsp3) is 0.261. The molecule has 0 saturated heterocycles. The Kier molecular flexibility index (Phi) is 7.10. The van der Waals surface area contributed by atoms with Crippen molar-refractivity contribution in [3.63, 3.8) is 0 Å². The molecule has 0 unspecified atom stereocenters. The lowest BCUT2D eigenvalue weighted by atomic mass is 9.95. The third-order valence-corrected chi connectivity index (χ3v) is 5.31. The van der Waals surface area contributed by atoms with Gasteiger partial charge in [-0.1, -0.05) is 43.0 Å². The number of phenols is 1. The quantitative estimate of drug-likeness (QED) is 0.481. The molecule has 1 fully saturated rings. The highest BCUT2D eigenvalue weighted by Crippen LogP contribution is 2.23. The van der Waals surface area contributed by atoms with Crippen LogP contribution in [0.1, 0.15) is 48.0 Å². The molecule has 6 nitrogen and oxygen atoms in total. The van der Waals surface area contributed by atoms with E-state index in [1.54, 1.807) is 24.3 Å². The smallest absolute Gasteiger partial charge is 0.266 e. The number of carbonyl (C=O) groups excluding carboxylic acids is 2. The molecular formula is C23H22ClN3O3. The van der Waals surface area contributed by atoms with Crippen LogP contribution in [0.5, 0.6) is 5.75 Å². The highest BCUT2D eigenvalue weighted by atomic mass is 35.5. The molecule has 1 aliphatic rings. The van der Waals surface area contributed by atoms with Crippen molar-refractivity contribution >= 4 is 35.2 Å². The second kappa shape index (κ2) is 9.95. The molecule has 0 aromatic heterocycles. The molecule has 154 valence electrons. The number of hydrogen-bond donors (Lipinski definition) is 3. The van der Waals surface area contributed by atoms with E-state index in [-0.39, 0.29) is 28.8 Å². The first-order valence-electron chi connectivity index (χ1n) is 9.79. The normalized spacial score (nSPS) is 14.6. The summed E-state index contributed by atoms with van der Waals surface area (Å²) in [6, 6.07) is 12.8. The van der Waals surface area contributed by atoms with Gasteiger partial charge in [0.25, 0.3) is 11.8 Å². The maximum Gasteiger partial charge on any atom is 0.266 e. The molecule has 0 aliphatic heterocycles. The van der Waals surface area contributed by atoms with Crippen LogP contribution < -0.4 is 10.6 Å². The number of rotatable bonds is 5. The van der Waals surface area contributed by atoms with E-state index in [0.717, 1.165) is 25.7 Å². The third-order valence-electron chi connectivity index (χ3n) is 4.98. The van der Waals surface area contributed by atoms with Crippen molar-refractivity contribution < 1.29 is 14.7 Å². The topological polar surface area (TPSA) is 102 Å². The van der Waals surface area contributed by atoms with Gasteiger partial charge < -0.3 is 15.7 Å². The first-order chi connectivity index (χ1) is 14.5. The largest absolute Gasteiger partial charge is 0.508 e. The van der Waals surface area contributed by atoms with E-state index in [1.165, 1.54) is 30.7 Å². The lowest BCUT2D eigenvalue weighted by Crippen LogP contribution is -2.36. The highest BCUT2D eigenvalue weighted by Gasteiger charge is 2.19. The molecule has 0 heterocycles. The Hall–Kier alpha value is -3.30. The van der Waals surface area contributed by atoms with Crippen molar-refractivity contribution in [1.29, 1.82) is 5.26 Å². The number of halogens is 1. The molecule has 1 saturated carbocycles. The minimum Gasteiger partial charge on any atom is -0.508 e. The number of aromatic hydroxyl groups is 1. The lowest BCUT2D eigenvalue weighted by Gasteiger charge is -2.23. The van der Waals surface area contributed by atoms with E-state index in [1.807, 2.05) is 6.07 Å². The van der Waals surface area contributed by atoms with Gasteiger partial charge in [-0.25, -0.2) is 0 Å².